The Hall–Kier alpha value is -1.93. The fourth-order valence-electron chi connectivity index (χ4n) is 1.34. The SMILES string of the molecule is COCC(O)CCNC(=O)c1cc([N+](=O)[O-])c[nH]1. The lowest BCUT2D eigenvalue weighted by molar-refractivity contribution is -0.384. The Labute approximate surface area is 103 Å². The van der Waals surface area contributed by atoms with Crippen molar-refractivity contribution in [2.45, 2.75) is 12.5 Å². The molecule has 0 aliphatic heterocycles. The van der Waals surface area contributed by atoms with E-state index >= 15 is 0 Å². The number of methoxy groups -OCH3 is 1. The maximum absolute atomic E-state index is 11.5. The van der Waals surface area contributed by atoms with Crippen LogP contribution in [0.15, 0.2) is 12.3 Å². The standard InChI is InChI=1S/C10H15N3O5/c1-18-6-8(14)2-3-11-10(15)9-4-7(5-12-9)13(16)17/h4-5,8,12,14H,2-3,6H2,1H3,(H,11,15). The molecule has 0 aliphatic rings. The van der Waals surface area contributed by atoms with Crippen LogP contribution < -0.4 is 5.32 Å². The van der Waals surface area contributed by atoms with Crippen LogP contribution in [-0.4, -0.2) is 47.3 Å². The summed E-state index contributed by atoms with van der Waals surface area (Å²) < 4.78 is 4.73. The minimum absolute atomic E-state index is 0.114. The highest BCUT2D eigenvalue weighted by atomic mass is 16.6. The lowest BCUT2D eigenvalue weighted by Crippen LogP contribution is -2.28. The second-order valence-corrected chi connectivity index (χ2v) is 3.68. The predicted molar refractivity (Wildman–Crippen MR) is 62.3 cm³/mol. The van der Waals surface area contributed by atoms with Crippen molar-refractivity contribution < 1.29 is 19.6 Å². The van der Waals surface area contributed by atoms with Crippen molar-refractivity contribution in [1.82, 2.24) is 10.3 Å². The van der Waals surface area contributed by atoms with Gasteiger partial charge in [-0.3, -0.25) is 14.9 Å². The molecule has 0 radical (unpaired) electrons. The van der Waals surface area contributed by atoms with Crippen molar-refractivity contribution in [1.29, 1.82) is 0 Å². The molecule has 100 valence electrons. The van der Waals surface area contributed by atoms with Crippen LogP contribution in [0.1, 0.15) is 16.9 Å². The quantitative estimate of drug-likeness (QED) is 0.471. The minimum Gasteiger partial charge on any atom is -0.391 e. The number of hydrogen-bond donors (Lipinski definition) is 3. The molecular formula is C10H15N3O5. The molecule has 1 aromatic rings. The first-order valence-corrected chi connectivity index (χ1v) is 5.32. The maximum Gasteiger partial charge on any atom is 0.287 e. The molecular weight excluding hydrogens is 242 g/mol. The van der Waals surface area contributed by atoms with E-state index in [0.717, 1.165) is 12.3 Å². The zero-order valence-electron chi connectivity index (χ0n) is 9.88. The van der Waals surface area contributed by atoms with Crippen LogP contribution in [0.2, 0.25) is 0 Å². The Morgan fingerprint density at radius 3 is 3.00 bits per heavy atom. The zero-order chi connectivity index (χ0) is 13.5. The number of hydrogen-bond acceptors (Lipinski definition) is 5. The number of aliphatic hydroxyl groups excluding tert-OH is 1. The summed E-state index contributed by atoms with van der Waals surface area (Å²) in [5, 5.41) is 22.3. The van der Waals surface area contributed by atoms with Gasteiger partial charge in [-0.2, -0.15) is 0 Å². The van der Waals surface area contributed by atoms with E-state index in [2.05, 4.69) is 10.3 Å². The van der Waals surface area contributed by atoms with E-state index < -0.39 is 16.9 Å². The number of carbonyl (C=O) groups excluding carboxylic acids is 1. The number of amides is 1. The number of ether oxygens (including phenoxy) is 1. The molecule has 1 atom stereocenters. The smallest absolute Gasteiger partial charge is 0.287 e. The van der Waals surface area contributed by atoms with Gasteiger partial charge in [0.05, 0.1) is 23.8 Å². The highest BCUT2D eigenvalue weighted by molar-refractivity contribution is 5.93. The van der Waals surface area contributed by atoms with Gasteiger partial charge in [-0.25, -0.2) is 0 Å². The number of nitro groups is 1. The van der Waals surface area contributed by atoms with Crippen LogP contribution in [0.25, 0.3) is 0 Å². The molecule has 1 aromatic heterocycles. The number of aliphatic hydroxyl groups is 1. The Balaban J connectivity index is 2.38. The van der Waals surface area contributed by atoms with Gasteiger partial charge < -0.3 is 20.1 Å². The first-order valence-electron chi connectivity index (χ1n) is 5.32. The van der Waals surface area contributed by atoms with Crippen molar-refractivity contribution in [3.05, 3.63) is 28.1 Å². The van der Waals surface area contributed by atoms with E-state index in [-0.39, 0.29) is 24.5 Å². The minimum atomic E-state index is -0.645. The summed E-state index contributed by atoms with van der Waals surface area (Å²) in [7, 11) is 1.47. The van der Waals surface area contributed by atoms with E-state index in [1.54, 1.807) is 0 Å². The Kier molecular flexibility index (Phi) is 5.28. The van der Waals surface area contributed by atoms with Gasteiger partial charge in [0.2, 0.25) is 0 Å². The Morgan fingerprint density at radius 2 is 2.44 bits per heavy atom. The van der Waals surface area contributed by atoms with Crippen LogP contribution in [0, 0.1) is 10.1 Å². The molecule has 0 saturated heterocycles. The molecule has 18 heavy (non-hydrogen) atoms. The van der Waals surface area contributed by atoms with E-state index in [0.29, 0.717) is 6.42 Å². The number of H-pyrrole nitrogens is 1. The van der Waals surface area contributed by atoms with Crippen molar-refractivity contribution in [2.24, 2.45) is 0 Å². The van der Waals surface area contributed by atoms with Crippen LogP contribution in [0.5, 0.6) is 0 Å². The van der Waals surface area contributed by atoms with Crippen molar-refractivity contribution in [3.8, 4) is 0 Å². The first-order chi connectivity index (χ1) is 8.54. The molecule has 1 heterocycles. The predicted octanol–water partition coefficient (Wildman–Crippen LogP) is 0.0501. The summed E-state index contributed by atoms with van der Waals surface area (Å²) in [5.41, 5.74) is -0.0532. The number of nitrogens with zero attached hydrogens (tertiary/aromatic N) is 1. The van der Waals surface area contributed by atoms with Gasteiger partial charge in [0.1, 0.15) is 5.69 Å². The summed E-state index contributed by atoms with van der Waals surface area (Å²) in [6, 6.07) is 1.15. The Bertz CT molecular complexity index is 417. The summed E-state index contributed by atoms with van der Waals surface area (Å²) >= 11 is 0. The third-order valence-electron chi connectivity index (χ3n) is 2.25. The van der Waals surface area contributed by atoms with Crippen LogP contribution >= 0.6 is 0 Å². The third kappa shape index (κ3) is 4.15. The molecule has 8 nitrogen and oxygen atoms in total. The molecule has 0 aromatic carbocycles. The highest BCUT2D eigenvalue weighted by Gasteiger charge is 2.14. The number of aromatic amines is 1. The molecule has 1 unspecified atom stereocenters. The van der Waals surface area contributed by atoms with E-state index in [4.69, 9.17) is 4.74 Å². The summed E-state index contributed by atoms with van der Waals surface area (Å²) in [5.74, 6) is -0.451. The molecule has 0 bridgehead atoms. The second kappa shape index (κ2) is 6.72. The highest BCUT2D eigenvalue weighted by Crippen LogP contribution is 2.11. The van der Waals surface area contributed by atoms with Crippen LogP contribution in [-0.2, 0) is 4.74 Å². The van der Waals surface area contributed by atoms with Gasteiger partial charge in [-0.05, 0) is 6.42 Å². The van der Waals surface area contributed by atoms with E-state index in [9.17, 15) is 20.0 Å². The number of rotatable bonds is 7. The largest absolute Gasteiger partial charge is 0.391 e. The molecule has 0 saturated carbocycles. The zero-order valence-corrected chi connectivity index (χ0v) is 9.88. The van der Waals surface area contributed by atoms with Crippen LogP contribution in [0.4, 0.5) is 5.69 Å². The van der Waals surface area contributed by atoms with Crippen LogP contribution in [0.3, 0.4) is 0 Å². The lowest BCUT2D eigenvalue weighted by Gasteiger charge is -2.09. The fraction of sp³-hybridized carbons (Fsp3) is 0.500. The van der Waals surface area contributed by atoms with Crippen molar-refractivity contribution in [3.63, 3.8) is 0 Å². The van der Waals surface area contributed by atoms with Gasteiger partial charge in [-0.1, -0.05) is 0 Å². The number of nitrogens with one attached hydrogen (secondary N) is 2. The van der Waals surface area contributed by atoms with E-state index in [1.807, 2.05) is 0 Å². The number of aromatic nitrogens is 1. The molecule has 1 amide bonds. The molecule has 0 fully saturated rings. The monoisotopic (exact) mass is 257 g/mol. The van der Waals surface area contributed by atoms with Crippen molar-refractivity contribution in [2.75, 3.05) is 20.3 Å². The van der Waals surface area contributed by atoms with E-state index in [1.165, 1.54) is 7.11 Å². The Morgan fingerprint density at radius 1 is 1.72 bits per heavy atom. The van der Waals surface area contributed by atoms with Gasteiger partial charge in [0.15, 0.2) is 0 Å². The summed E-state index contributed by atoms with van der Waals surface area (Å²) in [6.07, 6.45) is 0.852. The fourth-order valence-corrected chi connectivity index (χ4v) is 1.34. The maximum atomic E-state index is 11.5. The third-order valence-corrected chi connectivity index (χ3v) is 2.25. The summed E-state index contributed by atoms with van der Waals surface area (Å²) in [6.45, 7) is 0.458. The van der Waals surface area contributed by atoms with Gasteiger partial charge >= 0.3 is 0 Å². The second-order valence-electron chi connectivity index (χ2n) is 3.68. The molecule has 1 rings (SSSR count). The number of carbonyl (C=O) groups is 1. The average Bonchev–Trinajstić information content (AvgIpc) is 2.78. The van der Waals surface area contributed by atoms with Gasteiger partial charge in [-0.15, -0.1) is 0 Å². The summed E-state index contributed by atoms with van der Waals surface area (Å²) in [4.78, 5) is 23.9. The molecule has 0 spiro atoms. The van der Waals surface area contributed by atoms with Crippen molar-refractivity contribution >= 4 is 11.6 Å². The average molecular weight is 257 g/mol. The first kappa shape index (κ1) is 14.1. The normalized spacial score (nSPS) is 12.1. The molecule has 8 heteroatoms. The van der Waals surface area contributed by atoms with Gasteiger partial charge in [0, 0.05) is 19.7 Å². The van der Waals surface area contributed by atoms with Gasteiger partial charge in [0.25, 0.3) is 11.6 Å². The lowest BCUT2D eigenvalue weighted by atomic mass is 10.2. The topological polar surface area (TPSA) is 117 Å². The molecule has 0 aliphatic carbocycles. The molecule has 3 N–H and O–H groups in total.